The number of aryl methyl sites for hydroxylation is 1. The highest BCUT2D eigenvalue weighted by molar-refractivity contribution is 6.00. The summed E-state index contributed by atoms with van der Waals surface area (Å²) >= 11 is 0. The average Bonchev–Trinajstić information content (AvgIpc) is 3.39. The van der Waals surface area contributed by atoms with Gasteiger partial charge in [-0.3, -0.25) is 34.0 Å². The second kappa shape index (κ2) is 6.49. The van der Waals surface area contributed by atoms with Crippen LogP contribution < -0.4 is 0 Å². The van der Waals surface area contributed by atoms with Crippen molar-refractivity contribution < 1.29 is 9.59 Å². The fraction of sp³-hybridized carbons (Fsp3) is 0.350. The molecule has 5 heterocycles. The van der Waals surface area contributed by atoms with E-state index in [9.17, 15) is 9.59 Å². The van der Waals surface area contributed by atoms with Crippen molar-refractivity contribution in [1.82, 2.24) is 29.5 Å². The maximum atomic E-state index is 12.7. The lowest BCUT2D eigenvalue weighted by Gasteiger charge is -2.15. The number of nitrogens with zero attached hydrogens (tertiary/aromatic N) is 6. The lowest BCUT2D eigenvalue weighted by atomic mass is 10.1. The zero-order chi connectivity index (χ0) is 19.3. The molecule has 2 aliphatic rings. The minimum absolute atomic E-state index is 0.0659. The van der Waals surface area contributed by atoms with E-state index < -0.39 is 0 Å². The lowest BCUT2D eigenvalue weighted by molar-refractivity contribution is -0.142. The number of carbonyl (C=O) groups excluding carboxylic acids is 2. The van der Waals surface area contributed by atoms with Crippen LogP contribution in [0.1, 0.15) is 18.5 Å². The van der Waals surface area contributed by atoms with Crippen LogP contribution in [0.2, 0.25) is 0 Å². The molecule has 1 atom stereocenters. The first-order valence-electron chi connectivity index (χ1n) is 9.40. The van der Waals surface area contributed by atoms with E-state index in [0.717, 1.165) is 41.4 Å². The van der Waals surface area contributed by atoms with Gasteiger partial charge in [-0.1, -0.05) is 0 Å². The fourth-order valence-electron chi connectivity index (χ4n) is 4.06. The van der Waals surface area contributed by atoms with Gasteiger partial charge in [0.15, 0.2) is 0 Å². The van der Waals surface area contributed by atoms with E-state index in [0.29, 0.717) is 12.4 Å². The quantitative estimate of drug-likeness (QED) is 0.686. The van der Waals surface area contributed by atoms with Crippen molar-refractivity contribution in [3.05, 3.63) is 42.6 Å². The molecule has 28 heavy (non-hydrogen) atoms. The predicted octanol–water partition coefficient (Wildman–Crippen LogP) is 1.36. The van der Waals surface area contributed by atoms with Crippen LogP contribution >= 0.6 is 0 Å². The molecule has 2 saturated heterocycles. The van der Waals surface area contributed by atoms with Crippen LogP contribution in [0.3, 0.4) is 0 Å². The summed E-state index contributed by atoms with van der Waals surface area (Å²) in [5.74, 6) is -0.258. The number of hydrogen-bond donors (Lipinski definition) is 0. The third kappa shape index (κ3) is 2.86. The SMILES string of the molecule is Cn1cc(-c2cnc3cnc(CC(=O)N4CN5CCCC5C4=O)cc3c2)cn1. The molecular formula is C20H20N6O2. The second-order valence-corrected chi connectivity index (χ2v) is 7.44. The van der Waals surface area contributed by atoms with Gasteiger partial charge in [0.25, 0.3) is 0 Å². The molecule has 1 unspecified atom stereocenters. The molecule has 5 rings (SSSR count). The Balaban J connectivity index is 1.38. The van der Waals surface area contributed by atoms with E-state index in [1.54, 1.807) is 23.3 Å². The highest BCUT2D eigenvalue weighted by atomic mass is 16.2. The topological polar surface area (TPSA) is 84.2 Å². The van der Waals surface area contributed by atoms with Crippen molar-refractivity contribution in [1.29, 1.82) is 0 Å². The zero-order valence-corrected chi connectivity index (χ0v) is 15.6. The molecule has 0 aliphatic carbocycles. The number of hydrogen-bond acceptors (Lipinski definition) is 6. The van der Waals surface area contributed by atoms with Gasteiger partial charge in [-0.15, -0.1) is 0 Å². The molecule has 0 bridgehead atoms. The van der Waals surface area contributed by atoms with E-state index in [1.807, 2.05) is 25.4 Å². The molecule has 2 aliphatic heterocycles. The van der Waals surface area contributed by atoms with Crippen molar-refractivity contribution in [3.8, 4) is 11.1 Å². The van der Waals surface area contributed by atoms with Crippen LogP contribution in [0.15, 0.2) is 36.9 Å². The molecule has 3 aromatic heterocycles. The van der Waals surface area contributed by atoms with Gasteiger partial charge < -0.3 is 0 Å². The van der Waals surface area contributed by atoms with Crippen molar-refractivity contribution in [2.45, 2.75) is 25.3 Å². The van der Waals surface area contributed by atoms with Crippen LogP contribution in [0.25, 0.3) is 22.0 Å². The van der Waals surface area contributed by atoms with Gasteiger partial charge in [0.05, 0.1) is 42.7 Å². The monoisotopic (exact) mass is 376 g/mol. The Labute approximate surface area is 161 Å². The van der Waals surface area contributed by atoms with Crippen LogP contribution in [0.4, 0.5) is 0 Å². The molecule has 0 aromatic carbocycles. The number of fused-ring (bicyclic) bond motifs is 2. The van der Waals surface area contributed by atoms with Gasteiger partial charge >= 0.3 is 0 Å². The Kier molecular flexibility index (Phi) is 3.94. The average molecular weight is 376 g/mol. The number of pyridine rings is 2. The summed E-state index contributed by atoms with van der Waals surface area (Å²) in [7, 11) is 1.87. The van der Waals surface area contributed by atoms with Crippen LogP contribution in [-0.2, 0) is 23.1 Å². The lowest BCUT2D eigenvalue weighted by Crippen LogP contribution is -2.36. The molecule has 0 N–H and O–H groups in total. The highest BCUT2D eigenvalue weighted by Gasteiger charge is 2.43. The van der Waals surface area contributed by atoms with Gasteiger partial charge in [0.2, 0.25) is 11.8 Å². The summed E-state index contributed by atoms with van der Waals surface area (Å²) in [5.41, 5.74) is 3.35. The summed E-state index contributed by atoms with van der Waals surface area (Å²) < 4.78 is 1.74. The first kappa shape index (κ1) is 17.0. The van der Waals surface area contributed by atoms with Gasteiger partial charge in [-0.25, -0.2) is 0 Å². The first-order chi connectivity index (χ1) is 13.6. The largest absolute Gasteiger partial charge is 0.275 e. The van der Waals surface area contributed by atoms with E-state index in [2.05, 4.69) is 20.0 Å². The Morgan fingerprint density at radius 2 is 2.07 bits per heavy atom. The molecule has 2 amide bonds. The molecule has 0 spiro atoms. The molecular weight excluding hydrogens is 356 g/mol. The summed E-state index contributed by atoms with van der Waals surface area (Å²) in [5, 5.41) is 5.11. The predicted molar refractivity (Wildman–Crippen MR) is 102 cm³/mol. The van der Waals surface area contributed by atoms with Crippen molar-refractivity contribution in [3.63, 3.8) is 0 Å². The highest BCUT2D eigenvalue weighted by Crippen LogP contribution is 2.26. The van der Waals surface area contributed by atoms with E-state index >= 15 is 0 Å². The first-order valence-corrected chi connectivity index (χ1v) is 9.40. The number of amides is 2. The van der Waals surface area contributed by atoms with E-state index in [4.69, 9.17) is 0 Å². The molecule has 2 fully saturated rings. The number of imide groups is 1. The smallest absolute Gasteiger partial charge is 0.247 e. The van der Waals surface area contributed by atoms with Gasteiger partial charge in [0, 0.05) is 42.5 Å². The van der Waals surface area contributed by atoms with E-state index in [1.165, 1.54) is 4.90 Å². The third-order valence-electron chi connectivity index (χ3n) is 5.53. The van der Waals surface area contributed by atoms with Crippen LogP contribution in [0.5, 0.6) is 0 Å². The molecule has 142 valence electrons. The van der Waals surface area contributed by atoms with Crippen molar-refractivity contribution in [2.24, 2.45) is 7.05 Å². The Hall–Kier alpha value is -3.13. The molecule has 8 heteroatoms. The number of rotatable bonds is 3. The fourth-order valence-corrected chi connectivity index (χ4v) is 4.06. The molecule has 3 aromatic rings. The molecule has 0 radical (unpaired) electrons. The molecule has 0 saturated carbocycles. The summed E-state index contributed by atoms with van der Waals surface area (Å²) in [4.78, 5) is 37.4. The maximum Gasteiger partial charge on any atom is 0.247 e. The number of carbonyl (C=O) groups is 2. The van der Waals surface area contributed by atoms with Crippen molar-refractivity contribution >= 4 is 22.7 Å². The Bertz CT molecular complexity index is 1090. The van der Waals surface area contributed by atoms with Crippen LogP contribution in [0, 0.1) is 0 Å². The third-order valence-corrected chi connectivity index (χ3v) is 5.53. The van der Waals surface area contributed by atoms with Gasteiger partial charge in [-0.05, 0) is 25.0 Å². The normalized spacial score (nSPS) is 19.5. The van der Waals surface area contributed by atoms with Gasteiger partial charge in [-0.2, -0.15) is 5.10 Å². The van der Waals surface area contributed by atoms with E-state index in [-0.39, 0.29) is 24.3 Å². The summed E-state index contributed by atoms with van der Waals surface area (Å²) in [6.45, 7) is 1.29. The standard InChI is InChI=1S/C20H20N6O2/c1-24-11-15(9-23-24)14-5-13-6-16(21-10-17(13)22-8-14)7-19(27)26-12-25-4-2-3-18(25)20(26)28/h5-6,8-11,18H,2-4,7,12H2,1H3. The van der Waals surface area contributed by atoms with Crippen LogP contribution in [-0.4, -0.2) is 60.6 Å². The molecule has 8 nitrogen and oxygen atoms in total. The zero-order valence-electron chi connectivity index (χ0n) is 15.6. The summed E-state index contributed by atoms with van der Waals surface area (Å²) in [6.07, 6.45) is 9.17. The summed E-state index contributed by atoms with van der Waals surface area (Å²) in [6, 6.07) is 3.79. The minimum Gasteiger partial charge on any atom is -0.275 e. The minimum atomic E-state index is -0.192. The Morgan fingerprint density at radius 3 is 2.86 bits per heavy atom. The second-order valence-electron chi connectivity index (χ2n) is 7.44. The maximum absolute atomic E-state index is 12.7. The van der Waals surface area contributed by atoms with Crippen molar-refractivity contribution in [2.75, 3.05) is 13.2 Å². The Morgan fingerprint density at radius 1 is 1.18 bits per heavy atom. The number of aromatic nitrogens is 4. The van der Waals surface area contributed by atoms with Gasteiger partial charge in [0.1, 0.15) is 0 Å².